The molecule has 0 bridgehead atoms. The minimum atomic E-state index is -0.437. The molecule has 28 heavy (non-hydrogen) atoms. The molecule has 0 saturated heterocycles. The van der Waals surface area contributed by atoms with Crippen molar-refractivity contribution >= 4 is 22.8 Å². The van der Waals surface area contributed by atoms with Gasteiger partial charge in [0, 0.05) is 23.9 Å². The van der Waals surface area contributed by atoms with Crippen molar-refractivity contribution in [3.63, 3.8) is 0 Å². The number of anilines is 1. The number of benzene rings is 1. The highest BCUT2D eigenvalue weighted by Gasteiger charge is 2.21. The molecule has 1 amide bonds. The molecular weight excluding hydrogens is 361 g/mol. The van der Waals surface area contributed by atoms with Gasteiger partial charge in [0.05, 0.1) is 22.3 Å². The van der Waals surface area contributed by atoms with Gasteiger partial charge < -0.3 is 9.84 Å². The van der Waals surface area contributed by atoms with E-state index < -0.39 is 11.7 Å². The Morgan fingerprint density at radius 2 is 2.04 bits per heavy atom. The Hall–Kier alpha value is -3.55. The van der Waals surface area contributed by atoms with Crippen molar-refractivity contribution in [1.82, 2.24) is 19.9 Å². The lowest BCUT2D eigenvalue weighted by atomic mass is 10.0. The van der Waals surface area contributed by atoms with E-state index >= 15 is 0 Å². The summed E-state index contributed by atoms with van der Waals surface area (Å²) in [6.45, 7) is 5.71. The number of hydrogen-bond donors (Lipinski definition) is 1. The van der Waals surface area contributed by atoms with Crippen molar-refractivity contribution in [1.29, 1.82) is 0 Å². The molecule has 0 saturated carbocycles. The molecular formula is C20H18FN5O2. The van der Waals surface area contributed by atoms with Gasteiger partial charge in [-0.3, -0.25) is 9.48 Å². The number of carbonyl (C=O) groups is 1. The van der Waals surface area contributed by atoms with E-state index in [0.717, 1.165) is 0 Å². The maximum Gasteiger partial charge on any atom is 0.259 e. The van der Waals surface area contributed by atoms with Crippen LogP contribution in [-0.2, 0) is 0 Å². The summed E-state index contributed by atoms with van der Waals surface area (Å²) in [5, 5.41) is 11.5. The average molecular weight is 379 g/mol. The van der Waals surface area contributed by atoms with Gasteiger partial charge in [0.15, 0.2) is 5.82 Å². The lowest BCUT2D eigenvalue weighted by Gasteiger charge is -2.08. The van der Waals surface area contributed by atoms with Gasteiger partial charge in [-0.2, -0.15) is 5.10 Å². The Morgan fingerprint density at radius 3 is 2.75 bits per heavy atom. The normalized spacial score (nSPS) is 11.3. The van der Waals surface area contributed by atoms with Crippen molar-refractivity contribution in [3.05, 3.63) is 59.7 Å². The second kappa shape index (κ2) is 6.88. The largest absolute Gasteiger partial charge is 0.335 e. The first kappa shape index (κ1) is 17.8. The summed E-state index contributed by atoms with van der Waals surface area (Å²) < 4.78 is 21.2. The molecule has 0 unspecified atom stereocenters. The summed E-state index contributed by atoms with van der Waals surface area (Å²) >= 11 is 0. The highest BCUT2D eigenvalue weighted by atomic mass is 19.1. The van der Waals surface area contributed by atoms with Crippen molar-refractivity contribution < 1.29 is 13.7 Å². The smallest absolute Gasteiger partial charge is 0.259 e. The van der Waals surface area contributed by atoms with Crippen molar-refractivity contribution in [3.8, 4) is 11.3 Å². The number of aromatic nitrogens is 4. The van der Waals surface area contributed by atoms with E-state index in [2.05, 4.69) is 20.6 Å². The third-order valence-electron chi connectivity index (χ3n) is 4.39. The molecule has 1 N–H and O–H groups in total. The highest BCUT2D eigenvalue weighted by molar-refractivity contribution is 6.12. The Balaban J connectivity index is 1.79. The first-order chi connectivity index (χ1) is 13.4. The molecule has 7 nitrogen and oxygen atoms in total. The number of amides is 1. The van der Waals surface area contributed by atoms with Crippen LogP contribution in [0.4, 0.5) is 10.2 Å². The van der Waals surface area contributed by atoms with Crippen LogP contribution in [0.2, 0.25) is 0 Å². The van der Waals surface area contributed by atoms with E-state index in [0.29, 0.717) is 28.2 Å². The van der Waals surface area contributed by atoms with Gasteiger partial charge >= 0.3 is 0 Å². The molecule has 0 aliphatic rings. The number of aryl methyl sites for hydroxylation is 1. The van der Waals surface area contributed by atoms with Crippen LogP contribution in [-0.4, -0.2) is 25.8 Å². The number of fused-ring (bicyclic) bond motifs is 1. The predicted octanol–water partition coefficient (Wildman–Crippen LogP) is 4.37. The van der Waals surface area contributed by atoms with Crippen LogP contribution in [0.3, 0.4) is 0 Å². The molecule has 0 radical (unpaired) electrons. The molecule has 142 valence electrons. The minimum absolute atomic E-state index is 0.172. The zero-order valence-corrected chi connectivity index (χ0v) is 15.6. The predicted molar refractivity (Wildman–Crippen MR) is 103 cm³/mol. The summed E-state index contributed by atoms with van der Waals surface area (Å²) in [7, 11) is 0. The SMILES string of the molecule is Cc1noc2nc(-c3ccccc3F)cc(C(=O)Nc3ccn(C(C)C)n3)c12. The van der Waals surface area contributed by atoms with E-state index in [9.17, 15) is 9.18 Å². The number of rotatable bonds is 4. The Morgan fingerprint density at radius 1 is 1.25 bits per heavy atom. The van der Waals surface area contributed by atoms with Gasteiger partial charge in [0.1, 0.15) is 5.82 Å². The molecule has 4 aromatic rings. The Bertz CT molecular complexity index is 1180. The van der Waals surface area contributed by atoms with E-state index in [1.165, 1.54) is 6.07 Å². The van der Waals surface area contributed by atoms with Crippen LogP contribution in [0.5, 0.6) is 0 Å². The quantitative estimate of drug-likeness (QED) is 0.569. The van der Waals surface area contributed by atoms with Gasteiger partial charge in [0.25, 0.3) is 11.6 Å². The van der Waals surface area contributed by atoms with Gasteiger partial charge in [-0.25, -0.2) is 9.37 Å². The van der Waals surface area contributed by atoms with Gasteiger partial charge in [-0.05, 0) is 39.0 Å². The molecule has 3 aromatic heterocycles. The van der Waals surface area contributed by atoms with Crippen molar-refractivity contribution in [2.24, 2.45) is 0 Å². The number of pyridine rings is 1. The Labute approximate surface area is 160 Å². The van der Waals surface area contributed by atoms with E-state index in [1.807, 2.05) is 13.8 Å². The van der Waals surface area contributed by atoms with Crippen LogP contribution < -0.4 is 5.32 Å². The number of nitrogens with zero attached hydrogens (tertiary/aromatic N) is 4. The van der Waals surface area contributed by atoms with Crippen molar-refractivity contribution in [2.45, 2.75) is 26.8 Å². The standard InChI is InChI=1S/C20H18FN5O2/c1-11(2)26-9-8-17(24-26)23-19(27)14-10-16(13-6-4-5-7-15(13)21)22-20-18(14)12(3)25-28-20/h4-11H,1-3H3,(H,23,24,27). The highest BCUT2D eigenvalue weighted by Crippen LogP contribution is 2.28. The maximum absolute atomic E-state index is 14.2. The third-order valence-corrected chi connectivity index (χ3v) is 4.39. The molecule has 0 atom stereocenters. The summed E-state index contributed by atoms with van der Waals surface area (Å²) in [6.07, 6.45) is 1.79. The summed E-state index contributed by atoms with van der Waals surface area (Å²) in [5.41, 5.74) is 1.56. The van der Waals surface area contributed by atoms with Crippen molar-refractivity contribution in [2.75, 3.05) is 5.32 Å². The van der Waals surface area contributed by atoms with Crippen LogP contribution in [0.15, 0.2) is 47.1 Å². The second-order valence-electron chi connectivity index (χ2n) is 6.71. The Kier molecular flexibility index (Phi) is 4.38. The van der Waals surface area contributed by atoms with E-state index in [4.69, 9.17) is 4.52 Å². The van der Waals surface area contributed by atoms with Gasteiger partial charge in [-0.15, -0.1) is 0 Å². The van der Waals surface area contributed by atoms with Crippen LogP contribution >= 0.6 is 0 Å². The molecule has 1 aromatic carbocycles. The average Bonchev–Trinajstić information content (AvgIpc) is 3.28. The first-order valence-electron chi connectivity index (χ1n) is 8.82. The summed E-state index contributed by atoms with van der Waals surface area (Å²) in [5.74, 6) is -0.414. The number of hydrogen-bond acceptors (Lipinski definition) is 5. The zero-order valence-electron chi connectivity index (χ0n) is 15.6. The van der Waals surface area contributed by atoms with Gasteiger partial charge in [-0.1, -0.05) is 17.3 Å². The number of nitrogens with one attached hydrogen (secondary N) is 1. The fraction of sp³-hybridized carbons (Fsp3) is 0.200. The topological polar surface area (TPSA) is 85.8 Å². The lowest BCUT2D eigenvalue weighted by Crippen LogP contribution is -2.14. The summed E-state index contributed by atoms with van der Waals surface area (Å²) in [4.78, 5) is 17.3. The number of halogens is 1. The second-order valence-corrected chi connectivity index (χ2v) is 6.71. The monoisotopic (exact) mass is 379 g/mol. The number of carbonyl (C=O) groups excluding carboxylic acids is 1. The zero-order chi connectivity index (χ0) is 19.8. The lowest BCUT2D eigenvalue weighted by molar-refractivity contribution is 0.102. The molecule has 0 spiro atoms. The fourth-order valence-corrected chi connectivity index (χ4v) is 2.96. The van der Waals surface area contributed by atoms with Gasteiger partial charge in [0.2, 0.25) is 0 Å². The molecule has 0 fully saturated rings. The molecule has 4 rings (SSSR count). The third kappa shape index (κ3) is 3.13. The molecule has 3 heterocycles. The minimum Gasteiger partial charge on any atom is -0.335 e. The summed E-state index contributed by atoms with van der Waals surface area (Å²) in [6, 6.07) is 9.66. The van der Waals surface area contributed by atoms with E-state index in [-0.39, 0.29) is 17.3 Å². The molecule has 0 aliphatic heterocycles. The first-order valence-corrected chi connectivity index (χ1v) is 8.82. The van der Waals surface area contributed by atoms with Crippen LogP contribution in [0.1, 0.15) is 35.9 Å². The molecule has 8 heteroatoms. The fourth-order valence-electron chi connectivity index (χ4n) is 2.96. The van der Waals surface area contributed by atoms with E-state index in [1.54, 1.807) is 48.1 Å². The maximum atomic E-state index is 14.2. The van der Waals surface area contributed by atoms with Crippen LogP contribution in [0, 0.1) is 12.7 Å². The van der Waals surface area contributed by atoms with Crippen LogP contribution in [0.25, 0.3) is 22.4 Å². The molecule has 0 aliphatic carbocycles.